The highest BCUT2D eigenvalue weighted by Gasteiger charge is 2.34. The van der Waals surface area contributed by atoms with Crippen LogP contribution in [0.2, 0.25) is 0 Å². The van der Waals surface area contributed by atoms with Crippen molar-refractivity contribution in [1.29, 1.82) is 0 Å². The van der Waals surface area contributed by atoms with Crippen molar-refractivity contribution in [3.63, 3.8) is 0 Å². The molecule has 3 aromatic rings. The number of nitrogens with zero attached hydrogens (tertiary/aromatic N) is 2. The normalized spacial score (nSPS) is 15.8. The molecule has 1 aliphatic heterocycles. The van der Waals surface area contributed by atoms with Gasteiger partial charge in [0.15, 0.2) is 5.11 Å². The molecule has 0 spiro atoms. The third-order valence-corrected chi connectivity index (χ3v) is 5.08. The summed E-state index contributed by atoms with van der Waals surface area (Å²) in [5.41, 5.74) is 2.35. The van der Waals surface area contributed by atoms with Crippen LogP contribution in [0.4, 0.5) is 5.69 Å². The standard InChI is InChI=1S/C21H14BrN3O2S/c22-15-6-8-17(9-7-15)25-20(27)18(19(26)23-21(25)28)12-14-10-11-24(13-14)16-4-2-1-3-5-16/h1-13H,(H,23,26,28)/b18-12-. The summed E-state index contributed by atoms with van der Waals surface area (Å²) in [6, 6.07) is 18.8. The number of nitrogens with one attached hydrogen (secondary N) is 1. The van der Waals surface area contributed by atoms with E-state index < -0.39 is 11.8 Å². The van der Waals surface area contributed by atoms with E-state index in [1.54, 1.807) is 18.2 Å². The van der Waals surface area contributed by atoms with Gasteiger partial charge in [-0.1, -0.05) is 34.1 Å². The molecule has 1 saturated heterocycles. The average Bonchev–Trinajstić information content (AvgIpc) is 3.16. The Bertz CT molecular complexity index is 1100. The van der Waals surface area contributed by atoms with Crippen LogP contribution < -0.4 is 10.2 Å². The molecule has 2 amide bonds. The minimum absolute atomic E-state index is 0.0299. The van der Waals surface area contributed by atoms with Crippen molar-refractivity contribution in [2.45, 2.75) is 0 Å². The number of hydrogen-bond acceptors (Lipinski definition) is 3. The molecule has 28 heavy (non-hydrogen) atoms. The second kappa shape index (κ2) is 7.53. The molecule has 1 aromatic heterocycles. The van der Waals surface area contributed by atoms with Crippen LogP contribution >= 0.6 is 28.1 Å². The maximum Gasteiger partial charge on any atom is 0.270 e. The van der Waals surface area contributed by atoms with Gasteiger partial charge in [0.2, 0.25) is 0 Å². The lowest BCUT2D eigenvalue weighted by molar-refractivity contribution is -0.122. The predicted molar refractivity (Wildman–Crippen MR) is 116 cm³/mol. The van der Waals surface area contributed by atoms with Crippen molar-refractivity contribution < 1.29 is 9.59 Å². The van der Waals surface area contributed by atoms with Crippen LogP contribution in [0.3, 0.4) is 0 Å². The third-order valence-electron chi connectivity index (χ3n) is 4.27. The van der Waals surface area contributed by atoms with E-state index in [0.717, 1.165) is 15.7 Å². The van der Waals surface area contributed by atoms with Gasteiger partial charge in [-0.3, -0.25) is 19.8 Å². The fourth-order valence-electron chi connectivity index (χ4n) is 2.91. The van der Waals surface area contributed by atoms with E-state index in [9.17, 15) is 9.59 Å². The van der Waals surface area contributed by atoms with Crippen LogP contribution in [-0.4, -0.2) is 21.5 Å². The molecule has 7 heteroatoms. The van der Waals surface area contributed by atoms with Crippen LogP contribution in [0.25, 0.3) is 11.8 Å². The Morgan fingerprint density at radius 3 is 2.36 bits per heavy atom. The Kier molecular flexibility index (Phi) is 4.93. The second-order valence-corrected chi connectivity index (χ2v) is 7.42. The molecule has 0 saturated carbocycles. The zero-order chi connectivity index (χ0) is 19.7. The number of anilines is 1. The van der Waals surface area contributed by atoms with Gasteiger partial charge in [0.25, 0.3) is 11.8 Å². The topological polar surface area (TPSA) is 54.3 Å². The van der Waals surface area contributed by atoms with Crippen LogP contribution in [0.5, 0.6) is 0 Å². The Balaban J connectivity index is 1.67. The molecule has 4 rings (SSSR count). The van der Waals surface area contributed by atoms with E-state index in [1.807, 2.05) is 65.5 Å². The van der Waals surface area contributed by atoms with Crippen molar-refractivity contribution in [2.24, 2.45) is 0 Å². The summed E-state index contributed by atoms with van der Waals surface area (Å²) in [7, 11) is 0. The zero-order valence-electron chi connectivity index (χ0n) is 14.5. The van der Waals surface area contributed by atoms with Gasteiger partial charge in [0.05, 0.1) is 5.69 Å². The summed E-state index contributed by atoms with van der Waals surface area (Å²) in [6.07, 6.45) is 5.31. The molecule has 1 fully saturated rings. The molecule has 0 atom stereocenters. The van der Waals surface area contributed by atoms with E-state index in [4.69, 9.17) is 12.2 Å². The third kappa shape index (κ3) is 3.54. The lowest BCUT2D eigenvalue weighted by atomic mass is 10.1. The van der Waals surface area contributed by atoms with Crippen LogP contribution in [0.1, 0.15) is 5.56 Å². The average molecular weight is 452 g/mol. The molecule has 0 aliphatic carbocycles. The van der Waals surface area contributed by atoms with Gasteiger partial charge in [-0.05, 0) is 66.3 Å². The number of halogens is 1. The summed E-state index contributed by atoms with van der Waals surface area (Å²) in [6.45, 7) is 0. The van der Waals surface area contributed by atoms with Crippen molar-refractivity contribution in [3.05, 3.63) is 88.7 Å². The van der Waals surface area contributed by atoms with Crippen molar-refractivity contribution >= 4 is 56.8 Å². The first-order chi connectivity index (χ1) is 13.5. The largest absolute Gasteiger partial charge is 0.323 e. The fourth-order valence-corrected chi connectivity index (χ4v) is 3.45. The smallest absolute Gasteiger partial charge is 0.270 e. The fraction of sp³-hybridized carbons (Fsp3) is 0. The van der Waals surface area contributed by atoms with Crippen molar-refractivity contribution in [2.75, 3.05) is 4.90 Å². The first kappa shape index (κ1) is 18.3. The highest BCUT2D eigenvalue weighted by Crippen LogP contribution is 2.24. The van der Waals surface area contributed by atoms with Crippen molar-refractivity contribution in [1.82, 2.24) is 9.88 Å². The zero-order valence-corrected chi connectivity index (χ0v) is 16.9. The lowest BCUT2D eigenvalue weighted by Gasteiger charge is -2.28. The number of aromatic nitrogens is 1. The first-order valence-electron chi connectivity index (χ1n) is 8.43. The number of benzene rings is 2. The quantitative estimate of drug-likeness (QED) is 0.371. The van der Waals surface area contributed by atoms with Crippen LogP contribution in [0.15, 0.2) is 83.1 Å². The Labute approximate surface area is 175 Å². The SMILES string of the molecule is O=C1NC(=S)N(c2ccc(Br)cc2)C(=O)/C1=C\c1ccn(-c2ccccc2)c1. The molecule has 1 aliphatic rings. The van der Waals surface area contributed by atoms with Gasteiger partial charge >= 0.3 is 0 Å². The minimum Gasteiger partial charge on any atom is -0.323 e. The van der Waals surface area contributed by atoms with Crippen LogP contribution in [0, 0.1) is 0 Å². The first-order valence-corrected chi connectivity index (χ1v) is 9.63. The molecule has 2 aromatic carbocycles. The highest BCUT2D eigenvalue weighted by atomic mass is 79.9. The minimum atomic E-state index is -0.504. The monoisotopic (exact) mass is 451 g/mol. The van der Waals surface area contributed by atoms with E-state index in [2.05, 4.69) is 21.2 Å². The number of para-hydroxylation sites is 1. The van der Waals surface area contributed by atoms with Crippen molar-refractivity contribution in [3.8, 4) is 5.69 Å². The predicted octanol–water partition coefficient (Wildman–Crippen LogP) is 4.07. The molecule has 138 valence electrons. The summed E-state index contributed by atoms with van der Waals surface area (Å²) in [5.74, 6) is -0.959. The summed E-state index contributed by atoms with van der Waals surface area (Å²) < 4.78 is 2.81. The van der Waals surface area contributed by atoms with E-state index in [-0.39, 0.29) is 10.7 Å². The highest BCUT2D eigenvalue weighted by molar-refractivity contribution is 9.10. The van der Waals surface area contributed by atoms with E-state index >= 15 is 0 Å². The number of carbonyl (C=O) groups is 2. The van der Waals surface area contributed by atoms with E-state index in [0.29, 0.717) is 5.69 Å². The van der Waals surface area contributed by atoms with Gasteiger partial charge in [-0.15, -0.1) is 0 Å². The van der Waals surface area contributed by atoms with Gasteiger partial charge in [0.1, 0.15) is 5.57 Å². The molecule has 0 unspecified atom stereocenters. The molecule has 0 radical (unpaired) electrons. The summed E-state index contributed by atoms with van der Waals surface area (Å²) in [5, 5.41) is 2.66. The van der Waals surface area contributed by atoms with E-state index in [1.165, 1.54) is 4.90 Å². The van der Waals surface area contributed by atoms with Crippen LogP contribution in [-0.2, 0) is 9.59 Å². The van der Waals surface area contributed by atoms with Gasteiger partial charge in [-0.25, -0.2) is 0 Å². The Morgan fingerprint density at radius 1 is 0.929 bits per heavy atom. The molecule has 1 N–H and O–H groups in total. The van der Waals surface area contributed by atoms with Gasteiger partial charge in [0, 0.05) is 22.6 Å². The van der Waals surface area contributed by atoms with Gasteiger partial charge in [-0.2, -0.15) is 0 Å². The van der Waals surface area contributed by atoms with Gasteiger partial charge < -0.3 is 4.57 Å². The molecule has 2 heterocycles. The maximum absolute atomic E-state index is 13.0. The Hall–Kier alpha value is -3.03. The maximum atomic E-state index is 13.0. The molecule has 5 nitrogen and oxygen atoms in total. The lowest BCUT2D eigenvalue weighted by Crippen LogP contribution is -2.54. The summed E-state index contributed by atoms with van der Waals surface area (Å²) >= 11 is 8.58. The Morgan fingerprint density at radius 2 is 1.64 bits per heavy atom. The number of amides is 2. The molecular weight excluding hydrogens is 438 g/mol. The second-order valence-electron chi connectivity index (χ2n) is 6.12. The number of carbonyl (C=O) groups excluding carboxylic acids is 2. The number of thiocarbonyl (C=S) groups is 1. The molecular formula is C21H14BrN3O2S. The number of rotatable bonds is 3. The number of hydrogen-bond donors (Lipinski definition) is 1. The summed E-state index contributed by atoms with van der Waals surface area (Å²) in [4.78, 5) is 26.7. The molecule has 0 bridgehead atoms.